The molecule has 5 nitrogen and oxygen atoms in total. The molecule has 24 heavy (non-hydrogen) atoms. The average molecular weight is 323 g/mol. The van der Waals surface area contributed by atoms with Crippen LogP contribution in [0.25, 0.3) is 10.9 Å². The third-order valence-electron chi connectivity index (χ3n) is 4.95. The van der Waals surface area contributed by atoms with Crippen LogP contribution < -0.4 is 5.32 Å². The number of amides is 2. The molecule has 0 aliphatic carbocycles. The molecule has 1 saturated heterocycles. The molecule has 4 rings (SSSR count). The number of benzene rings is 1. The summed E-state index contributed by atoms with van der Waals surface area (Å²) in [6, 6.07) is 6.97. The fourth-order valence-corrected chi connectivity index (χ4v) is 3.90. The van der Waals surface area contributed by atoms with E-state index in [1.165, 1.54) is 0 Å². The summed E-state index contributed by atoms with van der Waals surface area (Å²) in [7, 11) is 0. The maximum Gasteiger partial charge on any atom is 0.246 e. The Kier molecular flexibility index (Phi) is 3.27. The summed E-state index contributed by atoms with van der Waals surface area (Å²) in [4.78, 5) is 30.6. The Bertz CT molecular complexity index is 876. The Hall–Kier alpha value is -2.56. The van der Waals surface area contributed by atoms with Gasteiger partial charge in [0.1, 0.15) is 12.1 Å². The number of carbonyl (C=O) groups excluding carboxylic acids is 2. The van der Waals surface area contributed by atoms with Crippen LogP contribution in [0.5, 0.6) is 0 Å². The van der Waals surface area contributed by atoms with Crippen molar-refractivity contribution in [3.8, 4) is 0 Å². The second-order valence-electron chi connectivity index (χ2n) is 6.95. The van der Waals surface area contributed by atoms with Crippen LogP contribution in [-0.4, -0.2) is 33.8 Å². The second kappa shape index (κ2) is 5.23. The number of carbonyl (C=O) groups is 2. The van der Waals surface area contributed by atoms with Crippen molar-refractivity contribution in [2.45, 2.75) is 45.3 Å². The first-order valence-corrected chi connectivity index (χ1v) is 8.34. The Labute approximate surface area is 140 Å². The van der Waals surface area contributed by atoms with E-state index in [1.807, 2.05) is 32.0 Å². The summed E-state index contributed by atoms with van der Waals surface area (Å²) in [6.07, 6.45) is 2.63. The molecule has 1 fully saturated rings. The number of H-pyrrole nitrogens is 1. The molecule has 2 aromatic rings. The zero-order valence-corrected chi connectivity index (χ0v) is 14.1. The Balaban J connectivity index is 1.95. The highest BCUT2D eigenvalue weighted by molar-refractivity contribution is 5.99. The van der Waals surface area contributed by atoms with Crippen molar-refractivity contribution in [3.63, 3.8) is 0 Å². The number of rotatable bonds is 1. The van der Waals surface area contributed by atoms with E-state index < -0.39 is 12.1 Å². The molecule has 0 spiro atoms. The van der Waals surface area contributed by atoms with E-state index in [4.69, 9.17) is 0 Å². The van der Waals surface area contributed by atoms with Crippen molar-refractivity contribution in [3.05, 3.63) is 47.2 Å². The molecule has 0 bridgehead atoms. The number of piperazine rings is 1. The van der Waals surface area contributed by atoms with E-state index in [-0.39, 0.29) is 17.9 Å². The van der Waals surface area contributed by atoms with E-state index in [0.717, 1.165) is 27.7 Å². The van der Waals surface area contributed by atoms with Crippen molar-refractivity contribution >= 4 is 22.7 Å². The van der Waals surface area contributed by atoms with Crippen molar-refractivity contribution in [1.29, 1.82) is 0 Å². The molecule has 0 radical (unpaired) electrons. The molecular formula is C19H21N3O2. The normalized spacial score (nSPS) is 26.0. The van der Waals surface area contributed by atoms with Crippen LogP contribution in [0.1, 0.15) is 38.1 Å². The van der Waals surface area contributed by atoms with Crippen molar-refractivity contribution in [2.24, 2.45) is 0 Å². The number of fused-ring (bicyclic) bond motifs is 4. The van der Waals surface area contributed by atoms with Crippen LogP contribution in [0.2, 0.25) is 0 Å². The van der Waals surface area contributed by atoms with Crippen LogP contribution in [0.3, 0.4) is 0 Å². The van der Waals surface area contributed by atoms with E-state index in [9.17, 15) is 9.59 Å². The molecular weight excluding hydrogens is 302 g/mol. The summed E-state index contributed by atoms with van der Waals surface area (Å²) >= 11 is 0. The van der Waals surface area contributed by atoms with Crippen LogP contribution in [-0.2, 0) is 16.0 Å². The first-order chi connectivity index (χ1) is 11.5. The summed E-state index contributed by atoms with van der Waals surface area (Å²) in [5.74, 6) is -0.0865. The standard InChI is InChI=1S/C19H21N3O2/c1-10(2)8-15-17-13(12-6-4-5-7-14(12)21-17)9-16-18(23)20-11(3)19(24)22(15)16/h4-8,11,15-16,21H,9H2,1-3H3,(H,20,23)/t11-,15+,16-/m1/s1. The average Bonchev–Trinajstić information content (AvgIpc) is 2.91. The van der Waals surface area contributed by atoms with Gasteiger partial charge in [-0.25, -0.2) is 0 Å². The van der Waals surface area contributed by atoms with E-state index >= 15 is 0 Å². The third kappa shape index (κ3) is 2.08. The lowest BCUT2D eigenvalue weighted by Crippen LogP contribution is -2.64. The Morgan fingerprint density at radius 2 is 2.00 bits per heavy atom. The maximum absolute atomic E-state index is 12.8. The van der Waals surface area contributed by atoms with E-state index in [0.29, 0.717) is 6.42 Å². The monoisotopic (exact) mass is 323 g/mol. The number of nitrogens with zero attached hydrogens (tertiary/aromatic N) is 1. The lowest BCUT2D eigenvalue weighted by Gasteiger charge is -2.45. The highest BCUT2D eigenvalue weighted by Gasteiger charge is 2.46. The number of hydrogen-bond donors (Lipinski definition) is 2. The maximum atomic E-state index is 12.8. The first-order valence-electron chi connectivity index (χ1n) is 8.34. The molecule has 5 heteroatoms. The smallest absolute Gasteiger partial charge is 0.246 e. The molecule has 2 N–H and O–H groups in total. The fourth-order valence-electron chi connectivity index (χ4n) is 3.90. The van der Waals surface area contributed by atoms with Gasteiger partial charge in [0, 0.05) is 23.0 Å². The quantitative estimate of drug-likeness (QED) is 0.792. The molecule has 3 heterocycles. The van der Waals surface area contributed by atoms with E-state index in [2.05, 4.69) is 22.4 Å². The van der Waals surface area contributed by atoms with Crippen LogP contribution >= 0.6 is 0 Å². The largest absolute Gasteiger partial charge is 0.356 e. The van der Waals surface area contributed by atoms with Crippen LogP contribution in [0, 0.1) is 0 Å². The second-order valence-corrected chi connectivity index (χ2v) is 6.95. The molecule has 0 saturated carbocycles. The highest BCUT2D eigenvalue weighted by Crippen LogP contribution is 2.39. The lowest BCUT2D eigenvalue weighted by molar-refractivity contribution is -0.151. The lowest BCUT2D eigenvalue weighted by atomic mass is 9.88. The summed E-state index contributed by atoms with van der Waals surface area (Å²) in [5, 5.41) is 3.95. The summed E-state index contributed by atoms with van der Waals surface area (Å²) < 4.78 is 0. The minimum atomic E-state index is -0.479. The van der Waals surface area contributed by atoms with Crippen molar-refractivity contribution in [2.75, 3.05) is 0 Å². The number of allylic oxidation sites excluding steroid dienone is 1. The SMILES string of the molecule is CC(C)=C[C@H]1c2[nH]c3ccccc3c2C[C@@H]2C(=O)N[C@H](C)C(=O)N21. The van der Waals surface area contributed by atoms with Gasteiger partial charge in [0.25, 0.3) is 0 Å². The van der Waals surface area contributed by atoms with Gasteiger partial charge in [0.05, 0.1) is 6.04 Å². The van der Waals surface area contributed by atoms with Crippen LogP contribution in [0.4, 0.5) is 0 Å². The Morgan fingerprint density at radius 3 is 2.75 bits per heavy atom. The van der Waals surface area contributed by atoms with Gasteiger partial charge in [-0.05, 0) is 32.4 Å². The molecule has 1 aromatic heterocycles. The van der Waals surface area contributed by atoms with Gasteiger partial charge >= 0.3 is 0 Å². The van der Waals surface area contributed by atoms with Gasteiger partial charge in [-0.15, -0.1) is 0 Å². The highest BCUT2D eigenvalue weighted by atomic mass is 16.2. The van der Waals surface area contributed by atoms with Crippen molar-refractivity contribution < 1.29 is 9.59 Å². The van der Waals surface area contributed by atoms with Gasteiger partial charge in [-0.1, -0.05) is 29.8 Å². The predicted molar refractivity (Wildman–Crippen MR) is 92.4 cm³/mol. The molecule has 3 atom stereocenters. The zero-order chi connectivity index (χ0) is 17.0. The van der Waals surface area contributed by atoms with Gasteiger partial charge in [-0.3, -0.25) is 9.59 Å². The number of para-hydroxylation sites is 1. The molecule has 124 valence electrons. The molecule has 2 amide bonds. The van der Waals surface area contributed by atoms with Gasteiger partial charge in [-0.2, -0.15) is 0 Å². The number of aromatic nitrogens is 1. The number of hydrogen-bond acceptors (Lipinski definition) is 2. The molecule has 1 aromatic carbocycles. The topological polar surface area (TPSA) is 65.2 Å². The number of aromatic amines is 1. The predicted octanol–water partition coefficient (Wildman–Crippen LogP) is 2.45. The minimum Gasteiger partial charge on any atom is -0.356 e. The van der Waals surface area contributed by atoms with Gasteiger partial charge < -0.3 is 15.2 Å². The minimum absolute atomic E-state index is 0.0218. The zero-order valence-electron chi connectivity index (χ0n) is 14.1. The van der Waals surface area contributed by atoms with Gasteiger partial charge in [0.2, 0.25) is 11.8 Å². The fraction of sp³-hybridized carbons (Fsp3) is 0.368. The first kappa shape index (κ1) is 15.0. The molecule has 2 aliphatic heterocycles. The van der Waals surface area contributed by atoms with Crippen molar-refractivity contribution in [1.82, 2.24) is 15.2 Å². The molecule has 0 unspecified atom stereocenters. The van der Waals surface area contributed by atoms with E-state index in [1.54, 1.807) is 11.8 Å². The molecule has 2 aliphatic rings. The summed E-state index contributed by atoms with van der Waals surface area (Å²) in [6.45, 7) is 5.78. The van der Waals surface area contributed by atoms with Crippen LogP contribution in [0.15, 0.2) is 35.9 Å². The summed E-state index contributed by atoms with van der Waals surface area (Å²) in [5.41, 5.74) is 4.35. The van der Waals surface area contributed by atoms with Gasteiger partial charge in [0.15, 0.2) is 0 Å². The Morgan fingerprint density at radius 1 is 1.25 bits per heavy atom. The third-order valence-corrected chi connectivity index (χ3v) is 4.95. The number of nitrogens with one attached hydrogen (secondary N) is 2.